The number of epoxide rings is 1. The van der Waals surface area contributed by atoms with Crippen LogP contribution in [-0.2, 0) is 43.2 Å². The van der Waals surface area contributed by atoms with E-state index in [0.717, 1.165) is 16.7 Å². The lowest BCUT2D eigenvalue weighted by molar-refractivity contribution is -0.154. The number of benzene rings is 1. The zero-order chi connectivity index (χ0) is 30.7. The first-order valence-electron chi connectivity index (χ1n) is 13.1. The summed E-state index contributed by atoms with van der Waals surface area (Å²) in [6, 6.07) is 6.11. The Morgan fingerprint density at radius 3 is 2.17 bits per heavy atom. The van der Waals surface area contributed by atoms with Crippen molar-refractivity contribution in [2.75, 3.05) is 19.1 Å². The molecule has 0 aliphatic carbocycles. The molecule has 1 aliphatic rings. The van der Waals surface area contributed by atoms with Crippen LogP contribution in [0.2, 0.25) is 0 Å². The Hall–Kier alpha value is -3.83. The molecule has 1 aromatic rings. The van der Waals surface area contributed by atoms with Gasteiger partial charge in [0.2, 0.25) is 0 Å². The highest BCUT2D eigenvalue weighted by Crippen LogP contribution is 2.20. The minimum absolute atomic E-state index is 0.00865. The summed E-state index contributed by atoms with van der Waals surface area (Å²) in [6.07, 6.45) is 3.01. The fourth-order valence-corrected chi connectivity index (χ4v) is 4.66. The van der Waals surface area contributed by atoms with Crippen molar-refractivity contribution >= 4 is 33.7 Å². The molecule has 1 aliphatic heterocycles. The molecule has 0 spiro atoms. The van der Waals surface area contributed by atoms with Crippen LogP contribution in [0, 0.1) is 6.92 Å². The van der Waals surface area contributed by atoms with E-state index in [1.54, 1.807) is 12.1 Å². The minimum atomic E-state index is -4.00. The number of amides is 1. The Balaban J connectivity index is 2.18. The van der Waals surface area contributed by atoms with Gasteiger partial charge in [-0.2, -0.15) is 0 Å². The minimum Gasteiger partial charge on any atom is -0.462 e. The summed E-state index contributed by atoms with van der Waals surface area (Å²) in [5, 5.41) is 0. The molecule has 1 unspecified atom stereocenters. The number of hydrogen-bond acceptors (Lipinski definition) is 9. The summed E-state index contributed by atoms with van der Waals surface area (Å²) in [7, 11) is -4.00. The molecule has 1 atom stereocenters. The average Bonchev–Trinajstić information content (AvgIpc) is 3.74. The third kappa shape index (κ3) is 11.3. The average molecular weight is 588 g/mol. The molecule has 10 nitrogen and oxygen atoms in total. The second-order valence-corrected chi connectivity index (χ2v) is 11.9. The van der Waals surface area contributed by atoms with Gasteiger partial charge in [-0.1, -0.05) is 37.4 Å². The van der Waals surface area contributed by atoms with Crippen molar-refractivity contribution in [1.82, 2.24) is 4.90 Å². The van der Waals surface area contributed by atoms with Gasteiger partial charge in [0.15, 0.2) is 9.84 Å². The molecule has 11 heteroatoms. The molecule has 0 bridgehead atoms. The van der Waals surface area contributed by atoms with Crippen LogP contribution >= 0.6 is 0 Å². The van der Waals surface area contributed by atoms with E-state index in [2.05, 4.69) is 19.7 Å². The highest BCUT2D eigenvalue weighted by molar-refractivity contribution is 7.91. The normalized spacial score (nSPS) is 14.5. The van der Waals surface area contributed by atoms with Crippen LogP contribution in [0.1, 0.15) is 51.5 Å². The third-order valence-electron chi connectivity index (χ3n) is 5.96. The van der Waals surface area contributed by atoms with Crippen LogP contribution in [0.3, 0.4) is 0 Å². The van der Waals surface area contributed by atoms with Crippen LogP contribution < -0.4 is 0 Å². The van der Waals surface area contributed by atoms with E-state index >= 15 is 0 Å². The Morgan fingerprint density at radius 1 is 0.976 bits per heavy atom. The van der Waals surface area contributed by atoms with Gasteiger partial charge in [0, 0.05) is 22.9 Å². The quantitative estimate of drug-likeness (QED) is 0.0920. The van der Waals surface area contributed by atoms with E-state index in [4.69, 9.17) is 14.2 Å². The number of hydrogen-bond donors (Lipinski definition) is 0. The summed E-state index contributed by atoms with van der Waals surface area (Å²) in [5.74, 6) is -4.06. The van der Waals surface area contributed by atoms with Crippen molar-refractivity contribution in [3.63, 3.8) is 0 Å². The van der Waals surface area contributed by atoms with Crippen molar-refractivity contribution in [3.05, 3.63) is 78.1 Å². The Labute approximate surface area is 241 Å². The van der Waals surface area contributed by atoms with Gasteiger partial charge >= 0.3 is 17.9 Å². The largest absolute Gasteiger partial charge is 0.462 e. The Bertz CT molecular complexity index is 1340. The number of nitrogens with zero attached hydrogens (tertiary/aromatic N) is 1. The van der Waals surface area contributed by atoms with Gasteiger partial charge in [-0.15, -0.1) is 0 Å². The smallest absolute Gasteiger partial charge is 0.343 e. The number of unbranched alkanes of at least 4 members (excludes halogenated alkanes) is 1. The van der Waals surface area contributed by atoms with Gasteiger partial charge in [0.1, 0.15) is 5.88 Å². The third-order valence-corrected chi connectivity index (χ3v) is 7.56. The van der Waals surface area contributed by atoms with Gasteiger partial charge in [-0.3, -0.25) is 9.69 Å². The van der Waals surface area contributed by atoms with Gasteiger partial charge < -0.3 is 14.2 Å². The highest BCUT2D eigenvalue weighted by atomic mass is 32.2. The lowest BCUT2D eigenvalue weighted by Crippen LogP contribution is -2.33. The molecule has 0 N–H and O–H groups in total. The van der Waals surface area contributed by atoms with Gasteiger partial charge in [0.05, 0.1) is 29.8 Å². The van der Waals surface area contributed by atoms with E-state index in [0.29, 0.717) is 31.4 Å². The molecule has 0 aromatic heterocycles. The highest BCUT2D eigenvalue weighted by Gasteiger charge is 2.26. The van der Waals surface area contributed by atoms with Gasteiger partial charge in [-0.05, 0) is 65.0 Å². The SMILES string of the molecule is C=C(C)C(=O)OC(=O)C(=CN(CS(=O)(=O)c1ccc(C)cc1)C(=O)C(=C)C)CCCCOC(=O)C(=C)CCC1CO1. The Kier molecular flexibility index (Phi) is 12.4. The maximum absolute atomic E-state index is 13.1. The number of ether oxygens (including phenoxy) is 3. The number of esters is 3. The molecule has 2 rings (SSSR count). The first kappa shape index (κ1) is 33.4. The van der Waals surface area contributed by atoms with E-state index in [1.165, 1.54) is 26.0 Å². The maximum atomic E-state index is 13.1. The number of carbonyl (C=O) groups excluding carboxylic acids is 4. The molecule has 1 amide bonds. The number of rotatable bonds is 16. The van der Waals surface area contributed by atoms with Crippen molar-refractivity contribution in [3.8, 4) is 0 Å². The monoisotopic (exact) mass is 587 g/mol. The molecular weight excluding hydrogens is 550 g/mol. The lowest BCUT2D eigenvalue weighted by Gasteiger charge is -2.20. The summed E-state index contributed by atoms with van der Waals surface area (Å²) in [6.45, 7) is 16.1. The van der Waals surface area contributed by atoms with Crippen LogP contribution in [0.5, 0.6) is 0 Å². The van der Waals surface area contributed by atoms with Crippen molar-refractivity contribution < 1.29 is 41.8 Å². The van der Waals surface area contributed by atoms with Crippen molar-refractivity contribution in [2.45, 2.75) is 63.9 Å². The van der Waals surface area contributed by atoms with Gasteiger partial charge in [-0.25, -0.2) is 22.8 Å². The van der Waals surface area contributed by atoms with Crippen molar-refractivity contribution in [1.29, 1.82) is 0 Å². The summed E-state index contributed by atoms with van der Waals surface area (Å²) in [4.78, 5) is 50.8. The molecule has 0 radical (unpaired) electrons. The molecule has 1 saturated heterocycles. The first-order valence-corrected chi connectivity index (χ1v) is 14.7. The maximum Gasteiger partial charge on any atom is 0.343 e. The Morgan fingerprint density at radius 2 is 1.61 bits per heavy atom. The zero-order valence-corrected chi connectivity index (χ0v) is 24.6. The van der Waals surface area contributed by atoms with Crippen LogP contribution in [0.25, 0.3) is 0 Å². The molecule has 41 heavy (non-hydrogen) atoms. The predicted octanol–water partition coefficient (Wildman–Crippen LogP) is 4.11. The molecule has 1 fully saturated rings. The van der Waals surface area contributed by atoms with Gasteiger partial charge in [0.25, 0.3) is 5.91 Å². The number of carbonyl (C=O) groups is 4. The lowest BCUT2D eigenvalue weighted by atomic mass is 10.1. The molecule has 0 saturated carbocycles. The van der Waals surface area contributed by atoms with Crippen LogP contribution in [0.15, 0.2) is 77.4 Å². The number of sulfone groups is 1. The molecule has 222 valence electrons. The zero-order valence-electron chi connectivity index (χ0n) is 23.8. The standard InChI is InChI=1S/C30H37NO9S/c1-20(2)27(32)31(19-41(36,37)26-14-10-22(5)11-15-26)17-24(30(35)40-28(33)21(3)4)9-7-8-16-38-29(34)23(6)12-13-25-18-39-25/h10-11,14-15,17,25H,1,3,6-9,12-13,16,18-19H2,2,4-5H3. The van der Waals surface area contributed by atoms with E-state index in [1.807, 2.05) is 6.92 Å². The summed E-state index contributed by atoms with van der Waals surface area (Å²) >= 11 is 0. The molecular formula is C30H37NO9S. The molecule has 1 aromatic carbocycles. The second-order valence-electron chi connectivity index (χ2n) is 9.91. The topological polar surface area (TPSA) is 137 Å². The number of aryl methyl sites for hydroxylation is 1. The first-order chi connectivity index (χ1) is 19.2. The van der Waals surface area contributed by atoms with E-state index in [9.17, 15) is 27.6 Å². The van der Waals surface area contributed by atoms with Crippen molar-refractivity contribution in [2.24, 2.45) is 0 Å². The van der Waals surface area contributed by atoms with Crippen LogP contribution in [0.4, 0.5) is 0 Å². The van der Waals surface area contributed by atoms with E-state index < -0.39 is 39.5 Å². The second kappa shape index (κ2) is 15.2. The van der Waals surface area contributed by atoms with E-state index in [-0.39, 0.29) is 47.2 Å². The predicted molar refractivity (Wildman–Crippen MR) is 152 cm³/mol. The summed E-state index contributed by atoms with van der Waals surface area (Å²) in [5.41, 5.74) is 1.08. The van der Waals surface area contributed by atoms with Crippen LogP contribution in [-0.4, -0.2) is 62.3 Å². The fraction of sp³-hybridized carbons (Fsp3) is 0.400. The summed E-state index contributed by atoms with van der Waals surface area (Å²) < 4.78 is 41.4. The fourth-order valence-electron chi connectivity index (χ4n) is 3.40. The molecule has 1 heterocycles.